The number of ketones is 1. The van der Waals surface area contributed by atoms with Crippen LogP contribution >= 0.6 is 11.6 Å². The van der Waals surface area contributed by atoms with Crippen molar-refractivity contribution < 1.29 is 14.6 Å². The molecule has 2 aromatic rings. The predicted octanol–water partition coefficient (Wildman–Crippen LogP) is 2.96. The predicted molar refractivity (Wildman–Crippen MR) is 95.9 cm³/mol. The van der Waals surface area contributed by atoms with Crippen LogP contribution in [0.3, 0.4) is 0 Å². The van der Waals surface area contributed by atoms with Gasteiger partial charge in [-0.15, -0.1) is 11.6 Å². The van der Waals surface area contributed by atoms with Gasteiger partial charge in [0, 0.05) is 23.6 Å². The Bertz CT molecular complexity index is 674. The van der Waals surface area contributed by atoms with Crippen LogP contribution in [0.25, 0.3) is 0 Å². The number of aliphatic hydroxyl groups excluding tert-OH is 1. The van der Waals surface area contributed by atoms with E-state index in [2.05, 4.69) is 0 Å². The first-order chi connectivity index (χ1) is 11.5. The first-order valence-electron chi connectivity index (χ1n) is 7.75. The summed E-state index contributed by atoms with van der Waals surface area (Å²) in [6.07, 6.45) is -0.579. The summed E-state index contributed by atoms with van der Waals surface area (Å²) in [5.74, 6) is 0.740. The zero-order valence-electron chi connectivity index (χ0n) is 13.9. The van der Waals surface area contributed by atoms with E-state index in [9.17, 15) is 9.90 Å². The molecule has 0 saturated heterocycles. The summed E-state index contributed by atoms with van der Waals surface area (Å²) in [7, 11) is 3.78. The van der Waals surface area contributed by atoms with Crippen LogP contribution in [0.5, 0.6) is 5.75 Å². The number of aliphatic hydroxyl groups is 1. The van der Waals surface area contributed by atoms with Crippen molar-refractivity contribution in [3.8, 4) is 5.75 Å². The Labute approximate surface area is 147 Å². The molecule has 24 heavy (non-hydrogen) atoms. The third kappa shape index (κ3) is 5.06. The Morgan fingerprint density at radius 1 is 1.21 bits per heavy atom. The fourth-order valence-electron chi connectivity index (χ4n) is 2.40. The molecule has 1 atom stereocenters. The summed E-state index contributed by atoms with van der Waals surface area (Å²) in [6.45, 7) is 0.707. The maximum atomic E-state index is 12.6. The zero-order chi connectivity index (χ0) is 17.5. The molecule has 2 rings (SSSR count). The maximum absolute atomic E-state index is 12.6. The molecule has 0 fully saturated rings. The highest BCUT2D eigenvalue weighted by molar-refractivity contribution is 6.18. The van der Waals surface area contributed by atoms with Gasteiger partial charge in [-0.2, -0.15) is 0 Å². The Balaban J connectivity index is 2.12. The van der Waals surface area contributed by atoms with Crippen molar-refractivity contribution in [1.82, 2.24) is 4.90 Å². The highest BCUT2D eigenvalue weighted by Gasteiger charge is 2.14. The van der Waals surface area contributed by atoms with E-state index in [0.717, 1.165) is 0 Å². The summed E-state index contributed by atoms with van der Waals surface area (Å²) < 4.78 is 5.61. The van der Waals surface area contributed by atoms with Crippen LogP contribution in [0.4, 0.5) is 0 Å². The van der Waals surface area contributed by atoms with Gasteiger partial charge in [-0.05, 0) is 37.9 Å². The first-order valence-corrected chi connectivity index (χ1v) is 8.29. The van der Waals surface area contributed by atoms with Crippen molar-refractivity contribution in [1.29, 1.82) is 0 Å². The quantitative estimate of drug-likeness (QED) is 0.589. The number of alkyl halides is 1. The molecule has 1 unspecified atom stereocenters. The molecule has 0 saturated carbocycles. The lowest BCUT2D eigenvalue weighted by Crippen LogP contribution is -2.30. The second-order valence-corrected chi connectivity index (χ2v) is 6.14. The number of benzene rings is 2. The summed E-state index contributed by atoms with van der Waals surface area (Å²) >= 11 is 6.00. The minimum Gasteiger partial charge on any atom is -0.491 e. The van der Waals surface area contributed by atoms with Gasteiger partial charge in [-0.1, -0.05) is 30.3 Å². The number of ether oxygens (including phenoxy) is 1. The fourth-order valence-corrected chi connectivity index (χ4v) is 2.62. The number of halogens is 1. The normalized spacial score (nSPS) is 12.2. The second kappa shape index (κ2) is 8.83. The van der Waals surface area contributed by atoms with Crippen LogP contribution in [0.1, 0.15) is 21.5 Å². The number of rotatable bonds is 8. The minimum absolute atomic E-state index is 0.0644. The van der Waals surface area contributed by atoms with E-state index < -0.39 is 6.10 Å². The molecule has 2 aromatic carbocycles. The van der Waals surface area contributed by atoms with Crippen molar-refractivity contribution in [2.75, 3.05) is 27.2 Å². The fraction of sp³-hybridized carbons (Fsp3) is 0.316. The molecular formula is C19H22ClNO3. The molecular weight excluding hydrogens is 326 g/mol. The number of likely N-dealkylation sites (N-methyl/N-ethyl adjacent to an activating group) is 1. The third-order valence-electron chi connectivity index (χ3n) is 3.52. The van der Waals surface area contributed by atoms with Crippen molar-refractivity contribution >= 4 is 17.4 Å². The standard InChI is InChI=1S/C19H22ClNO3/c1-21(2)12-16(22)13-24-17-8-9-18(15(10-17)11-20)19(23)14-6-4-3-5-7-14/h3-10,16,22H,11-13H2,1-2H3. The van der Waals surface area contributed by atoms with E-state index >= 15 is 0 Å². The third-order valence-corrected chi connectivity index (χ3v) is 3.81. The average Bonchev–Trinajstić information content (AvgIpc) is 2.59. The molecule has 0 aliphatic carbocycles. The highest BCUT2D eigenvalue weighted by atomic mass is 35.5. The van der Waals surface area contributed by atoms with Crippen LogP contribution in [0.2, 0.25) is 0 Å². The Morgan fingerprint density at radius 2 is 1.92 bits per heavy atom. The van der Waals surface area contributed by atoms with Gasteiger partial charge in [0.2, 0.25) is 0 Å². The van der Waals surface area contributed by atoms with E-state index in [1.54, 1.807) is 30.3 Å². The van der Waals surface area contributed by atoms with Crippen LogP contribution < -0.4 is 4.74 Å². The van der Waals surface area contributed by atoms with E-state index in [1.807, 2.05) is 37.2 Å². The van der Waals surface area contributed by atoms with E-state index in [1.165, 1.54) is 0 Å². The molecule has 128 valence electrons. The van der Waals surface area contributed by atoms with Crippen molar-refractivity contribution in [3.63, 3.8) is 0 Å². The molecule has 1 N–H and O–H groups in total. The van der Waals surface area contributed by atoms with E-state index in [-0.39, 0.29) is 18.3 Å². The molecule has 4 nitrogen and oxygen atoms in total. The van der Waals surface area contributed by atoms with Crippen LogP contribution in [-0.4, -0.2) is 49.1 Å². The van der Waals surface area contributed by atoms with Gasteiger partial charge in [-0.3, -0.25) is 4.79 Å². The monoisotopic (exact) mass is 347 g/mol. The molecule has 0 aliphatic rings. The number of hydrogen-bond acceptors (Lipinski definition) is 4. The summed E-state index contributed by atoms with van der Waals surface area (Å²) in [6, 6.07) is 14.3. The van der Waals surface area contributed by atoms with Crippen molar-refractivity contribution in [2.45, 2.75) is 12.0 Å². The summed E-state index contributed by atoms with van der Waals surface area (Å²) in [5.41, 5.74) is 1.90. The van der Waals surface area contributed by atoms with Gasteiger partial charge in [0.25, 0.3) is 0 Å². The van der Waals surface area contributed by atoms with E-state index in [0.29, 0.717) is 29.0 Å². The van der Waals surface area contributed by atoms with Gasteiger partial charge in [0.15, 0.2) is 5.78 Å². The summed E-state index contributed by atoms with van der Waals surface area (Å²) in [4.78, 5) is 14.5. The highest BCUT2D eigenvalue weighted by Crippen LogP contribution is 2.22. The molecule has 0 aliphatic heterocycles. The lowest BCUT2D eigenvalue weighted by molar-refractivity contribution is 0.0830. The Hall–Kier alpha value is -1.88. The van der Waals surface area contributed by atoms with Gasteiger partial charge in [0.1, 0.15) is 18.5 Å². The van der Waals surface area contributed by atoms with Crippen LogP contribution in [0, 0.1) is 0 Å². The first kappa shape index (κ1) is 18.5. The van der Waals surface area contributed by atoms with Gasteiger partial charge in [-0.25, -0.2) is 0 Å². The zero-order valence-corrected chi connectivity index (χ0v) is 14.7. The SMILES string of the molecule is CN(C)CC(O)COc1ccc(C(=O)c2ccccc2)c(CCl)c1. The maximum Gasteiger partial charge on any atom is 0.193 e. The lowest BCUT2D eigenvalue weighted by atomic mass is 9.99. The molecule has 0 radical (unpaired) electrons. The van der Waals surface area contributed by atoms with Crippen molar-refractivity contribution in [3.05, 3.63) is 65.2 Å². The van der Waals surface area contributed by atoms with Gasteiger partial charge < -0.3 is 14.7 Å². The molecule has 0 spiro atoms. The van der Waals surface area contributed by atoms with Crippen LogP contribution in [0.15, 0.2) is 48.5 Å². The van der Waals surface area contributed by atoms with Crippen LogP contribution in [-0.2, 0) is 5.88 Å². The number of nitrogens with zero attached hydrogens (tertiary/aromatic N) is 1. The number of carbonyl (C=O) groups is 1. The smallest absolute Gasteiger partial charge is 0.193 e. The minimum atomic E-state index is -0.579. The topological polar surface area (TPSA) is 49.8 Å². The second-order valence-electron chi connectivity index (χ2n) is 5.87. The lowest BCUT2D eigenvalue weighted by Gasteiger charge is -2.17. The number of hydrogen-bond donors (Lipinski definition) is 1. The van der Waals surface area contributed by atoms with E-state index in [4.69, 9.17) is 16.3 Å². The summed E-state index contributed by atoms with van der Waals surface area (Å²) in [5, 5.41) is 9.85. The number of carbonyl (C=O) groups excluding carboxylic acids is 1. The van der Waals surface area contributed by atoms with Crippen molar-refractivity contribution in [2.24, 2.45) is 0 Å². The molecule has 5 heteroatoms. The largest absolute Gasteiger partial charge is 0.491 e. The molecule has 0 heterocycles. The Morgan fingerprint density at radius 3 is 2.54 bits per heavy atom. The van der Waals surface area contributed by atoms with Gasteiger partial charge >= 0.3 is 0 Å². The average molecular weight is 348 g/mol. The van der Waals surface area contributed by atoms with Gasteiger partial charge in [0.05, 0.1) is 0 Å². The molecule has 0 amide bonds. The Kier molecular flexibility index (Phi) is 6.79. The molecule has 0 bridgehead atoms. The molecule has 0 aromatic heterocycles.